The number of nitrogens with zero attached hydrogens (tertiary/aromatic N) is 1. The Kier molecular flexibility index (Phi) is 5.10. The fraction of sp³-hybridized carbons (Fsp3) is 0.571. The lowest BCUT2D eigenvalue weighted by Crippen LogP contribution is -2.35. The fourth-order valence-corrected chi connectivity index (χ4v) is 3.41. The van der Waals surface area contributed by atoms with Crippen molar-refractivity contribution in [3.8, 4) is 0 Å². The Morgan fingerprint density at radius 1 is 1.25 bits per heavy atom. The van der Waals surface area contributed by atoms with Gasteiger partial charge in [-0.3, -0.25) is 4.90 Å². The van der Waals surface area contributed by atoms with Crippen LogP contribution in [-0.2, 0) is 6.54 Å². The van der Waals surface area contributed by atoms with Gasteiger partial charge in [0.05, 0.1) is 0 Å². The number of hydrogen-bond donors (Lipinski definition) is 0. The van der Waals surface area contributed by atoms with Crippen molar-refractivity contribution in [2.75, 3.05) is 17.5 Å². The van der Waals surface area contributed by atoms with Crippen LogP contribution >= 0.6 is 22.6 Å². The minimum absolute atomic E-state index is 0.939. The molecule has 1 atom stereocenters. The van der Waals surface area contributed by atoms with Crippen LogP contribution in [-0.4, -0.2) is 22.4 Å². The molecule has 1 aromatic rings. The zero-order chi connectivity index (χ0) is 11.2. The number of likely N-dealkylation sites (tertiary alicyclic amines) is 1. The molecule has 0 unspecified atom stereocenters. The van der Waals surface area contributed by atoms with Crippen LogP contribution in [0.2, 0.25) is 0 Å². The van der Waals surface area contributed by atoms with Crippen LogP contribution in [0.25, 0.3) is 0 Å². The minimum Gasteiger partial charge on any atom is -0.299 e. The van der Waals surface area contributed by atoms with Crippen LogP contribution in [0.4, 0.5) is 0 Å². The van der Waals surface area contributed by atoms with E-state index in [0.29, 0.717) is 0 Å². The average Bonchev–Trinajstić information content (AvgIpc) is 2.31. The number of alkyl halides is 1. The van der Waals surface area contributed by atoms with Gasteiger partial charge in [0.1, 0.15) is 0 Å². The quantitative estimate of drug-likeness (QED) is 0.601. The third kappa shape index (κ3) is 3.74. The topological polar surface area (TPSA) is 3.24 Å². The van der Waals surface area contributed by atoms with Crippen molar-refractivity contribution in [2.24, 2.45) is 5.92 Å². The van der Waals surface area contributed by atoms with E-state index in [1.165, 1.54) is 42.3 Å². The van der Waals surface area contributed by atoms with Gasteiger partial charge >= 0.3 is 0 Å². The van der Waals surface area contributed by atoms with Gasteiger partial charge < -0.3 is 0 Å². The molecule has 0 N–H and O–H groups in total. The minimum atomic E-state index is 0.939. The molecule has 1 aromatic carbocycles. The largest absolute Gasteiger partial charge is 0.299 e. The molecule has 0 radical (unpaired) electrons. The molecule has 0 spiro atoms. The van der Waals surface area contributed by atoms with Gasteiger partial charge in [0, 0.05) is 13.1 Å². The van der Waals surface area contributed by atoms with E-state index >= 15 is 0 Å². The van der Waals surface area contributed by atoms with E-state index in [1.807, 2.05) is 0 Å². The molecule has 2 heteroatoms. The Morgan fingerprint density at radius 3 is 2.81 bits per heavy atom. The lowest BCUT2D eigenvalue weighted by Gasteiger charge is -2.32. The molecule has 88 valence electrons. The average molecular weight is 329 g/mol. The first-order chi connectivity index (χ1) is 7.88. The van der Waals surface area contributed by atoms with E-state index in [0.717, 1.165) is 12.5 Å². The van der Waals surface area contributed by atoms with E-state index < -0.39 is 0 Å². The highest BCUT2D eigenvalue weighted by Crippen LogP contribution is 2.21. The fourth-order valence-electron chi connectivity index (χ4n) is 2.53. The van der Waals surface area contributed by atoms with Crippen molar-refractivity contribution in [3.63, 3.8) is 0 Å². The van der Waals surface area contributed by atoms with Crippen LogP contribution in [0.3, 0.4) is 0 Å². The molecule has 0 aromatic heterocycles. The zero-order valence-corrected chi connectivity index (χ0v) is 11.9. The van der Waals surface area contributed by atoms with E-state index in [-0.39, 0.29) is 0 Å². The van der Waals surface area contributed by atoms with Gasteiger partial charge in [0.2, 0.25) is 0 Å². The second-order valence-electron chi connectivity index (χ2n) is 4.71. The van der Waals surface area contributed by atoms with Gasteiger partial charge in [-0.25, -0.2) is 0 Å². The molecule has 0 aliphatic carbocycles. The highest BCUT2D eigenvalue weighted by molar-refractivity contribution is 14.1. The number of benzene rings is 1. The number of piperidine rings is 1. The second-order valence-corrected chi connectivity index (χ2v) is 5.79. The molecular weight excluding hydrogens is 309 g/mol. The monoisotopic (exact) mass is 329 g/mol. The van der Waals surface area contributed by atoms with Gasteiger partial charge in [0.15, 0.2) is 0 Å². The highest BCUT2D eigenvalue weighted by atomic mass is 127. The van der Waals surface area contributed by atoms with Gasteiger partial charge in [-0.2, -0.15) is 0 Å². The molecular formula is C14H20IN. The van der Waals surface area contributed by atoms with Crippen molar-refractivity contribution in [2.45, 2.75) is 25.8 Å². The molecule has 0 amide bonds. The Hall–Kier alpha value is -0.0900. The summed E-state index contributed by atoms with van der Waals surface area (Å²) in [7, 11) is 0. The molecule has 0 bridgehead atoms. The Bertz CT molecular complexity index is 297. The SMILES string of the molecule is ICC[C@@H]1CCCN(Cc2ccccc2)C1. The molecule has 1 nitrogen and oxygen atoms in total. The summed E-state index contributed by atoms with van der Waals surface area (Å²) in [6, 6.07) is 10.9. The third-order valence-corrected chi connectivity index (χ3v) is 3.99. The van der Waals surface area contributed by atoms with Gasteiger partial charge in [-0.1, -0.05) is 52.9 Å². The predicted molar refractivity (Wildman–Crippen MR) is 77.9 cm³/mol. The van der Waals surface area contributed by atoms with E-state index in [4.69, 9.17) is 0 Å². The van der Waals surface area contributed by atoms with Crippen molar-refractivity contribution >= 4 is 22.6 Å². The second kappa shape index (κ2) is 6.60. The third-order valence-electron chi connectivity index (χ3n) is 3.37. The van der Waals surface area contributed by atoms with Crippen LogP contribution < -0.4 is 0 Å². The molecule has 1 saturated heterocycles. The van der Waals surface area contributed by atoms with E-state index in [2.05, 4.69) is 57.8 Å². The summed E-state index contributed by atoms with van der Waals surface area (Å²) in [4.78, 5) is 2.62. The molecule has 0 saturated carbocycles. The maximum absolute atomic E-state index is 2.62. The van der Waals surface area contributed by atoms with Crippen LogP contribution in [0.5, 0.6) is 0 Å². The Balaban J connectivity index is 1.85. The maximum Gasteiger partial charge on any atom is 0.0233 e. The summed E-state index contributed by atoms with van der Waals surface area (Å²) in [6.45, 7) is 3.73. The summed E-state index contributed by atoms with van der Waals surface area (Å²) in [5.74, 6) is 0.939. The lowest BCUT2D eigenvalue weighted by molar-refractivity contribution is 0.166. The standard InChI is InChI=1S/C14H20IN/c15-9-8-14-7-4-10-16(12-14)11-13-5-2-1-3-6-13/h1-3,5-6,14H,4,7-12H2/t14-/m0/s1. The first-order valence-corrected chi connectivity index (χ1v) is 7.73. The van der Waals surface area contributed by atoms with Gasteiger partial charge in [0.25, 0.3) is 0 Å². The molecule has 16 heavy (non-hydrogen) atoms. The zero-order valence-electron chi connectivity index (χ0n) is 9.74. The van der Waals surface area contributed by atoms with E-state index in [9.17, 15) is 0 Å². The van der Waals surface area contributed by atoms with Gasteiger partial charge in [-0.15, -0.1) is 0 Å². The summed E-state index contributed by atoms with van der Waals surface area (Å²) >= 11 is 2.50. The van der Waals surface area contributed by atoms with Crippen LogP contribution in [0, 0.1) is 5.92 Å². The molecule has 1 aliphatic rings. The number of hydrogen-bond acceptors (Lipinski definition) is 1. The van der Waals surface area contributed by atoms with Crippen LogP contribution in [0.15, 0.2) is 30.3 Å². The van der Waals surface area contributed by atoms with Crippen molar-refractivity contribution in [1.82, 2.24) is 4.90 Å². The van der Waals surface area contributed by atoms with Crippen molar-refractivity contribution in [1.29, 1.82) is 0 Å². The van der Waals surface area contributed by atoms with Crippen molar-refractivity contribution < 1.29 is 0 Å². The molecule has 1 aliphatic heterocycles. The first-order valence-electron chi connectivity index (χ1n) is 6.20. The highest BCUT2D eigenvalue weighted by Gasteiger charge is 2.18. The Morgan fingerprint density at radius 2 is 2.06 bits per heavy atom. The summed E-state index contributed by atoms with van der Waals surface area (Å²) in [5, 5.41) is 0. The summed E-state index contributed by atoms with van der Waals surface area (Å²) in [6.07, 6.45) is 4.22. The molecule has 2 rings (SSSR count). The number of rotatable bonds is 4. The predicted octanol–water partition coefficient (Wildman–Crippen LogP) is 3.72. The summed E-state index contributed by atoms with van der Waals surface area (Å²) in [5.41, 5.74) is 1.46. The van der Waals surface area contributed by atoms with Gasteiger partial charge in [-0.05, 0) is 41.7 Å². The van der Waals surface area contributed by atoms with Crippen molar-refractivity contribution in [3.05, 3.63) is 35.9 Å². The normalized spacial score (nSPS) is 22.2. The maximum atomic E-state index is 2.62. The summed E-state index contributed by atoms with van der Waals surface area (Å²) < 4.78 is 1.31. The number of halogens is 1. The van der Waals surface area contributed by atoms with E-state index in [1.54, 1.807) is 0 Å². The smallest absolute Gasteiger partial charge is 0.0233 e. The first kappa shape index (κ1) is 12.4. The Labute approximate surface area is 112 Å². The molecule has 1 fully saturated rings. The van der Waals surface area contributed by atoms with Crippen LogP contribution in [0.1, 0.15) is 24.8 Å². The molecule has 1 heterocycles. The lowest BCUT2D eigenvalue weighted by atomic mass is 9.95.